The monoisotopic (exact) mass is 392 g/mol. The number of amides is 1. The molecule has 0 radical (unpaired) electrons. The average molecular weight is 393 g/mol. The van der Waals surface area contributed by atoms with E-state index in [4.69, 9.17) is 4.74 Å². The number of thiazole rings is 1. The molecular formula is C17H16N2O3S3. The molecule has 1 saturated heterocycles. The van der Waals surface area contributed by atoms with Crippen LogP contribution in [0.1, 0.15) is 13.8 Å². The topological polar surface area (TPSA) is 68.3 Å². The highest BCUT2D eigenvalue weighted by Crippen LogP contribution is 2.45. The van der Waals surface area contributed by atoms with Crippen molar-refractivity contribution in [1.29, 1.82) is 0 Å². The van der Waals surface area contributed by atoms with Crippen LogP contribution >= 0.6 is 34.9 Å². The SMILES string of the molecule is CC(C)OC(=O)C(C(=O)Nc1nc(-c2ccccc2)cs1)=C1SCS1. The van der Waals surface area contributed by atoms with Gasteiger partial charge >= 0.3 is 5.97 Å². The third kappa shape index (κ3) is 4.45. The second kappa shape index (κ2) is 8.07. The molecule has 1 N–H and O–H groups in total. The van der Waals surface area contributed by atoms with Crippen molar-refractivity contribution in [2.24, 2.45) is 0 Å². The highest BCUT2D eigenvalue weighted by molar-refractivity contribution is 8.37. The summed E-state index contributed by atoms with van der Waals surface area (Å²) in [5, 5.41) is 5.87. The van der Waals surface area contributed by atoms with E-state index in [1.165, 1.54) is 34.9 Å². The Morgan fingerprint density at radius 1 is 1.20 bits per heavy atom. The third-order valence-corrected chi connectivity index (χ3v) is 6.49. The fourth-order valence-corrected chi connectivity index (χ4v) is 4.33. The van der Waals surface area contributed by atoms with E-state index in [0.29, 0.717) is 9.37 Å². The van der Waals surface area contributed by atoms with Gasteiger partial charge in [0.1, 0.15) is 5.57 Å². The van der Waals surface area contributed by atoms with Gasteiger partial charge in [0.15, 0.2) is 5.13 Å². The first-order valence-electron chi connectivity index (χ1n) is 7.57. The largest absolute Gasteiger partial charge is 0.459 e. The molecule has 1 aromatic heterocycles. The molecule has 2 aromatic rings. The van der Waals surface area contributed by atoms with Crippen molar-refractivity contribution in [2.75, 3.05) is 10.4 Å². The lowest BCUT2D eigenvalue weighted by atomic mass is 10.2. The molecule has 1 amide bonds. The Morgan fingerprint density at radius 3 is 2.52 bits per heavy atom. The second-order valence-corrected chi connectivity index (χ2v) is 8.83. The number of ether oxygens (including phenoxy) is 1. The molecule has 8 heteroatoms. The maximum atomic E-state index is 12.6. The summed E-state index contributed by atoms with van der Waals surface area (Å²) in [5.41, 5.74) is 1.82. The summed E-state index contributed by atoms with van der Waals surface area (Å²) in [6.45, 7) is 3.51. The summed E-state index contributed by atoms with van der Waals surface area (Å²) in [4.78, 5) is 29.3. The predicted octanol–water partition coefficient (Wildman–Crippen LogP) is 4.35. The standard InChI is InChI=1S/C17H16N2O3S3/c1-10(2)22-15(21)13(16-24-9-25-16)14(20)19-17-18-12(8-23-17)11-6-4-3-5-7-11/h3-8,10H,9H2,1-2H3,(H,18,19,20). The van der Waals surface area contributed by atoms with Crippen LogP contribution < -0.4 is 5.32 Å². The van der Waals surface area contributed by atoms with Crippen molar-refractivity contribution in [3.63, 3.8) is 0 Å². The van der Waals surface area contributed by atoms with E-state index in [2.05, 4.69) is 10.3 Å². The molecule has 0 saturated carbocycles. The number of carbonyl (C=O) groups is 2. The highest BCUT2D eigenvalue weighted by Gasteiger charge is 2.30. The van der Waals surface area contributed by atoms with Crippen LogP contribution in [0.4, 0.5) is 5.13 Å². The molecule has 1 aromatic carbocycles. The van der Waals surface area contributed by atoms with Crippen LogP contribution in [0.3, 0.4) is 0 Å². The molecular weight excluding hydrogens is 376 g/mol. The Balaban J connectivity index is 1.76. The summed E-state index contributed by atoms with van der Waals surface area (Å²) in [6.07, 6.45) is -0.282. The van der Waals surface area contributed by atoms with Gasteiger partial charge in [-0.2, -0.15) is 0 Å². The smallest absolute Gasteiger partial charge is 0.345 e. The fraction of sp³-hybridized carbons (Fsp3) is 0.235. The number of rotatable bonds is 5. The predicted molar refractivity (Wildman–Crippen MR) is 104 cm³/mol. The number of benzene rings is 1. The van der Waals surface area contributed by atoms with E-state index in [-0.39, 0.29) is 11.7 Å². The van der Waals surface area contributed by atoms with Crippen molar-refractivity contribution >= 4 is 51.9 Å². The number of anilines is 1. The summed E-state index contributed by atoms with van der Waals surface area (Å²) in [6, 6.07) is 9.71. The molecule has 1 fully saturated rings. The summed E-state index contributed by atoms with van der Waals surface area (Å²) in [5.74, 6) is -1.07. The van der Waals surface area contributed by atoms with E-state index in [1.54, 1.807) is 13.8 Å². The van der Waals surface area contributed by atoms with Crippen molar-refractivity contribution in [3.8, 4) is 11.3 Å². The number of hydrogen-bond donors (Lipinski definition) is 1. The number of hydrogen-bond acceptors (Lipinski definition) is 7. The molecule has 0 unspecified atom stereocenters. The zero-order chi connectivity index (χ0) is 17.8. The van der Waals surface area contributed by atoms with Gasteiger partial charge in [-0.1, -0.05) is 30.3 Å². The minimum Gasteiger partial charge on any atom is -0.459 e. The van der Waals surface area contributed by atoms with Gasteiger partial charge < -0.3 is 4.74 Å². The molecule has 2 heterocycles. The molecule has 0 aliphatic carbocycles. The Morgan fingerprint density at radius 2 is 1.92 bits per heavy atom. The van der Waals surface area contributed by atoms with Crippen LogP contribution in [0.5, 0.6) is 0 Å². The van der Waals surface area contributed by atoms with E-state index >= 15 is 0 Å². The fourth-order valence-electron chi connectivity index (χ4n) is 2.04. The Kier molecular flexibility index (Phi) is 5.82. The van der Waals surface area contributed by atoms with E-state index in [1.807, 2.05) is 35.7 Å². The molecule has 3 rings (SSSR count). The highest BCUT2D eigenvalue weighted by atomic mass is 32.3. The van der Waals surface area contributed by atoms with Gasteiger partial charge in [-0.25, -0.2) is 9.78 Å². The zero-order valence-electron chi connectivity index (χ0n) is 13.6. The molecule has 5 nitrogen and oxygen atoms in total. The van der Waals surface area contributed by atoms with Crippen LogP contribution in [-0.2, 0) is 14.3 Å². The first-order valence-corrected chi connectivity index (χ1v) is 10.4. The van der Waals surface area contributed by atoms with Crippen LogP contribution in [-0.4, -0.2) is 28.0 Å². The molecule has 0 atom stereocenters. The summed E-state index contributed by atoms with van der Waals surface area (Å²) in [7, 11) is 0. The normalized spacial score (nSPS) is 13.3. The van der Waals surface area contributed by atoms with Gasteiger partial charge in [-0.15, -0.1) is 34.9 Å². The molecule has 25 heavy (non-hydrogen) atoms. The van der Waals surface area contributed by atoms with Crippen molar-refractivity contribution in [2.45, 2.75) is 20.0 Å². The average Bonchev–Trinajstić information content (AvgIpc) is 2.99. The lowest BCUT2D eigenvalue weighted by molar-refractivity contribution is -0.143. The van der Waals surface area contributed by atoms with Crippen molar-refractivity contribution in [3.05, 3.63) is 45.5 Å². The maximum absolute atomic E-state index is 12.6. The lowest BCUT2D eigenvalue weighted by Gasteiger charge is -2.19. The number of aromatic nitrogens is 1. The van der Waals surface area contributed by atoms with E-state index < -0.39 is 11.9 Å². The zero-order valence-corrected chi connectivity index (χ0v) is 16.1. The number of esters is 1. The van der Waals surface area contributed by atoms with Gasteiger partial charge in [0, 0.05) is 16.0 Å². The van der Waals surface area contributed by atoms with Gasteiger partial charge in [-0.3, -0.25) is 10.1 Å². The molecule has 130 valence electrons. The van der Waals surface area contributed by atoms with Crippen LogP contribution in [0.15, 0.2) is 45.5 Å². The van der Waals surface area contributed by atoms with Gasteiger partial charge in [-0.05, 0) is 13.8 Å². The summed E-state index contributed by atoms with van der Waals surface area (Å²) < 4.78 is 5.90. The molecule has 0 spiro atoms. The van der Waals surface area contributed by atoms with Crippen molar-refractivity contribution in [1.82, 2.24) is 4.98 Å². The second-order valence-electron chi connectivity index (χ2n) is 5.38. The van der Waals surface area contributed by atoms with Crippen LogP contribution in [0, 0.1) is 0 Å². The maximum Gasteiger partial charge on any atom is 0.345 e. The number of nitrogens with zero attached hydrogens (tertiary/aromatic N) is 1. The Bertz CT molecular complexity index is 810. The van der Waals surface area contributed by atoms with E-state index in [9.17, 15) is 9.59 Å². The number of nitrogens with one attached hydrogen (secondary N) is 1. The van der Waals surface area contributed by atoms with Gasteiger partial charge in [0.2, 0.25) is 0 Å². The quantitative estimate of drug-likeness (QED) is 0.353. The number of thioether (sulfide) groups is 2. The lowest BCUT2D eigenvalue weighted by Crippen LogP contribution is -2.26. The minimum absolute atomic E-state index is 0.0615. The minimum atomic E-state index is -0.595. The van der Waals surface area contributed by atoms with Crippen molar-refractivity contribution < 1.29 is 14.3 Å². The van der Waals surface area contributed by atoms with Crippen LogP contribution in [0.2, 0.25) is 0 Å². The first kappa shape index (κ1) is 18.0. The third-order valence-electron chi connectivity index (χ3n) is 3.15. The molecule has 0 bridgehead atoms. The van der Waals surface area contributed by atoms with Gasteiger partial charge in [0.05, 0.1) is 16.0 Å². The Hall–Kier alpha value is -1.77. The first-order chi connectivity index (χ1) is 12.0. The molecule has 1 aliphatic heterocycles. The number of carbonyl (C=O) groups excluding carboxylic acids is 2. The van der Waals surface area contributed by atoms with Gasteiger partial charge in [0.25, 0.3) is 5.91 Å². The van der Waals surface area contributed by atoms with E-state index in [0.717, 1.165) is 16.3 Å². The van der Waals surface area contributed by atoms with Crippen LogP contribution in [0.25, 0.3) is 11.3 Å². The molecule has 1 aliphatic rings. The summed E-state index contributed by atoms with van der Waals surface area (Å²) >= 11 is 4.27. The Labute approximate surface area is 158 Å².